The Bertz CT molecular complexity index is 3140. The first-order valence-corrected chi connectivity index (χ1v) is 19.9. The maximum atomic E-state index is 5.32. The average Bonchev–Trinajstić information content (AvgIpc) is 3.84. The molecule has 270 valence electrons. The van der Waals surface area contributed by atoms with Crippen molar-refractivity contribution in [2.24, 2.45) is 0 Å². The molecule has 2 aliphatic rings. The van der Waals surface area contributed by atoms with Crippen LogP contribution in [0.25, 0.3) is 84.0 Å². The SMILES string of the molecule is c1ccc(-c2cc(-c3ccc(-c4ccc5c(c4)C4(c6ccccc6-5)c5ccccc5-n5c(-c6ccccc6)nc6cccc4c65)cc3)cc(-c3ccccc3)n2)cc1. The van der Waals surface area contributed by atoms with E-state index in [9.17, 15) is 0 Å². The predicted octanol–water partition coefficient (Wildman–Crippen LogP) is 13.4. The van der Waals surface area contributed by atoms with E-state index in [2.05, 4.69) is 205 Å². The standard InChI is InChI=1S/C55H35N3/c1-4-15-38(16-5-1)50-34-42(35-51(56-50)39-17-6-2-7-18-39)37-29-27-36(28-30-37)41-31-32-44-43-21-10-11-22-45(43)55(48(44)33-41)46-23-12-13-26-52(46)58-53-47(55)24-14-25-49(53)57-54(58)40-19-8-3-9-20-40/h1-35H. The summed E-state index contributed by atoms with van der Waals surface area (Å²) < 4.78 is 2.40. The molecule has 3 heterocycles. The average molecular weight is 738 g/mol. The second kappa shape index (κ2) is 12.7. The van der Waals surface area contributed by atoms with Gasteiger partial charge in [0.2, 0.25) is 0 Å². The molecule has 0 bridgehead atoms. The van der Waals surface area contributed by atoms with Gasteiger partial charge in [0.05, 0.1) is 33.5 Å². The molecule has 0 N–H and O–H groups in total. The Hall–Kier alpha value is -7.62. The van der Waals surface area contributed by atoms with Gasteiger partial charge >= 0.3 is 0 Å². The summed E-state index contributed by atoms with van der Waals surface area (Å²) >= 11 is 0. The zero-order valence-electron chi connectivity index (χ0n) is 31.5. The van der Waals surface area contributed by atoms with Crippen molar-refractivity contribution in [3.8, 4) is 73.0 Å². The molecule has 12 rings (SSSR count). The van der Waals surface area contributed by atoms with Gasteiger partial charge in [0.25, 0.3) is 0 Å². The molecular formula is C55H35N3. The number of hydrogen-bond donors (Lipinski definition) is 0. The lowest BCUT2D eigenvalue weighted by atomic mass is 9.65. The number of aromatic nitrogens is 3. The Balaban J connectivity index is 1.03. The molecule has 0 saturated heterocycles. The molecule has 0 saturated carbocycles. The molecule has 1 spiro atoms. The Kier molecular flexibility index (Phi) is 7.14. The second-order valence-electron chi connectivity index (χ2n) is 15.3. The van der Waals surface area contributed by atoms with Crippen molar-refractivity contribution in [3.63, 3.8) is 0 Å². The maximum Gasteiger partial charge on any atom is 0.145 e. The lowest BCUT2D eigenvalue weighted by Gasteiger charge is -2.39. The zero-order chi connectivity index (χ0) is 38.2. The van der Waals surface area contributed by atoms with Crippen molar-refractivity contribution in [3.05, 3.63) is 235 Å². The molecule has 1 atom stereocenters. The fourth-order valence-electron chi connectivity index (χ4n) is 9.68. The summed E-state index contributed by atoms with van der Waals surface area (Å²) in [5.74, 6) is 0.965. The quantitative estimate of drug-likeness (QED) is 0.176. The van der Waals surface area contributed by atoms with E-state index < -0.39 is 5.41 Å². The van der Waals surface area contributed by atoms with E-state index >= 15 is 0 Å². The van der Waals surface area contributed by atoms with Crippen molar-refractivity contribution in [2.45, 2.75) is 5.41 Å². The van der Waals surface area contributed by atoms with Crippen LogP contribution in [0.4, 0.5) is 0 Å². The van der Waals surface area contributed by atoms with Crippen molar-refractivity contribution < 1.29 is 0 Å². The van der Waals surface area contributed by atoms with Crippen LogP contribution in [0.2, 0.25) is 0 Å². The molecule has 0 radical (unpaired) electrons. The normalized spacial score (nSPS) is 14.6. The van der Waals surface area contributed by atoms with E-state index in [0.29, 0.717) is 0 Å². The fourth-order valence-corrected chi connectivity index (χ4v) is 9.68. The van der Waals surface area contributed by atoms with Crippen LogP contribution in [0.15, 0.2) is 212 Å². The predicted molar refractivity (Wildman–Crippen MR) is 237 cm³/mol. The first kappa shape index (κ1) is 32.6. The smallest absolute Gasteiger partial charge is 0.145 e. The van der Waals surface area contributed by atoms with Crippen molar-refractivity contribution in [1.29, 1.82) is 0 Å². The summed E-state index contributed by atoms with van der Waals surface area (Å²) in [7, 11) is 0. The molecule has 0 amide bonds. The zero-order valence-corrected chi connectivity index (χ0v) is 31.5. The van der Waals surface area contributed by atoms with Crippen molar-refractivity contribution in [1.82, 2.24) is 14.5 Å². The van der Waals surface area contributed by atoms with Crippen LogP contribution in [-0.2, 0) is 5.41 Å². The van der Waals surface area contributed by atoms with E-state index in [0.717, 1.165) is 50.5 Å². The van der Waals surface area contributed by atoms with Crippen LogP contribution < -0.4 is 0 Å². The minimum Gasteiger partial charge on any atom is -0.292 e. The lowest BCUT2D eigenvalue weighted by Crippen LogP contribution is -2.33. The number of fused-ring (bicyclic) bond motifs is 9. The van der Waals surface area contributed by atoms with Crippen LogP contribution in [0.5, 0.6) is 0 Å². The third-order valence-electron chi connectivity index (χ3n) is 12.2. The van der Waals surface area contributed by atoms with Gasteiger partial charge in [0, 0.05) is 16.7 Å². The van der Waals surface area contributed by atoms with Gasteiger partial charge in [-0.2, -0.15) is 0 Å². The second-order valence-corrected chi connectivity index (χ2v) is 15.3. The highest BCUT2D eigenvalue weighted by Gasteiger charge is 2.51. The van der Waals surface area contributed by atoms with Crippen molar-refractivity contribution >= 4 is 11.0 Å². The lowest BCUT2D eigenvalue weighted by molar-refractivity contribution is 0.746. The summed E-state index contributed by atoms with van der Waals surface area (Å²) in [5.41, 5.74) is 20.4. The van der Waals surface area contributed by atoms with Gasteiger partial charge in [-0.15, -0.1) is 0 Å². The van der Waals surface area contributed by atoms with Gasteiger partial charge in [-0.1, -0.05) is 182 Å². The van der Waals surface area contributed by atoms with Crippen LogP contribution in [0.3, 0.4) is 0 Å². The molecule has 1 aliphatic carbocycles. The molecule has 3 nitrogen and oxygen atoms in total. The number of hydrogen-bond acceptors (Lipinski definition) is 2. The Morgan fingerprint density at radius 3 is 1.55 bits per heavy atom. The first-order valence-electron chi connectivity index (χ1n) is 19.9. The third-order valence-corrected chi connectivity index (χ3v) is 12.2. The van der Waals surface area contributed by atoms with E-state index in [1.807, 2.05) is 12.1 Å². The van der Waals surface area contributed by atoms with Gasteiger partial charge in [-0.05, 0) is 86.0 Å². The molecule has 3 heteroatoms. The molecule has 1 unspecified atom stereocenters. The highest BCUT2D eigenvalue weighted by atomic mass is 15.1. The minimum absolute atomic E-state index is 0.527. The number of para-hydroxylation sites is 2. The topological polar surface area (TPSA) is 30.7 Å². The Morgan fingerprint density at radius 1 is 0.328 bits per heavy atom. The minimum atomic E-state index is -0.527. The monoisotopic (exact) mass is 737 g/mol. The van der Waals surface area contributed by atoms with E-state index in [1.54, 1.807) is 0 Å². The van der Waals surface area contributed by atoms with Crippen LogP contribution in [0.1, 0.15) is 22.3 Å². The van der Waals surface area contributed by atoms with E-state index in [4.69, 9.17) is 9.97 Å². The number of nitrogens with zero attached hydrogens (tertiary/aromatic N) is 3. The highest BCUT2D eigenvalue weighted by molar-refractivity contribution is 5.98. The summed E-state index contributed by atoms with van der Waals surface area (Å²) in [5, 5.41) is 0. The summed E-state index contributed by atoms with van der Waals surface area (Å²) in [6.07, 6.45) is 0. The summed E-state index contributed by atoms with van der Waals surface area (Å²) in [6, 6.07) is 76.7. The molecule has 58 heavy (non-hydrogen) atoms. The van der Waals surface area contributed by atoms with Gasteiger partial charge in [0.15, 0.2) is 0 Å². The fraction of sp³-hybridized carbons (Fsp3) is 0.0182. The largest absolute Gasteiger partial charge is 0.292 e. The number of rotatable bonds is 5. The van der Waals surface area contributed by atoms with Gasteiger partial charge in [0.1, 0.15) is 5.82 Å². The van der Waals surface area contributed by atoms with Gasteiger partial charge in [-0.25, -0.2) is 9.97 Å². The van der Waals surface area contributed by atoms with Crippen LogP contribution in [-0.4, -0.2) is 14.5 Å². The summed E-state index contributed by atoms with van der Waals surface area (Å²) in [6.45, 7) is 0. The molecule has 8 aromatic carbocycles. The van der Waals surface area contributed by atoms with E-state index in [1.165, 1.54) is 55.7 Å². The third kappa shape index (κ3) is 4.74. The number of imidazole rings is 1. The Morgan fingerprint density at radius 2 is 0.862 bits per heavy atom. The highest BCUT2D eigenvalue weighted by Crippen LogP contribution is 2.61. The molecule has 0 fully saturated rings. The number of benzene rings is 8. The van der Waals surface area contributed by atoms with E-state index in [-0.39, 0.29) is 0 Å². The van der Waals surface area contributed by atoms with Gasteiger partial charge < -0.3 is 0 Å². The molecule has 2 aromatic heterocycles. The number of pyridine rings is 1. The molecular weight excluding hydrogens is 703 g/mol. The van der Waals surface area contributed by atoms with Crippen LogP contribution in [0, 0.1) is 0 Å². The Labute approximate surface area is 337 Å². The maximum absolute atomic E-state index is 5.32. The summed E-state index contributed by atoms with van der Waals surface area (Å²) in [4.78, 5) is 10.4. The molecule has 10 aromatic rings. The van der Waals surface area contributed by atoms with Gasteiger partial charge in [-0.3, -0.25) is 4.57 Å². The first-order chi connectivity index (χ1) is 28.8. The molecule has 1 aliphatic heterocycles. The van der Waals surface area contributed by atoms with Crippen molar-refractivity contribution in [2.75, 3.05) is 0 Å². The van der Waals surface area contributed by atoms with Crippen LogP contribution >= 0.6 is 0 Å².